The van der Waals surface area contributed by atoms with E-state index < -0.39 is 24.2 Å². The van der Waals surface area contributed by atoms with Crippen molar-refractivity contribution >= 4 is 18.2 Å². The van der Waals surface area contributed by atoms with Crippen LogP contribution in [0.1, 0.15) is 273 Å². The summed E-state index contributed by atoms with van der Waals surface area (Å²) in [6.45, 7) is 9.31. The van der Waals surface area contributed by atoms with Gasteiger partial charge in [-0.3, -0.25) is 0 Å². The van der Waals surface area contributed by atoms with Crippen molar-refractivity contribution in [3.63, 3.8) is 0 Å². The van der Waals surface area contributed by atoms with E-state index in [1.54, 1.807) is 0 Å². The highest BCUT2D eigenvalue weighted by Gasteiger charge is 2.31. The van der Waals surface area contributed by atoms with Crippen LogP contribution in [0.2, 0.25) is 0 Å². The van der Waals surface area contributed by atoms with Crippen molar-refractivity contribution < 1.29 is 33.3 Å². The highest BCUT2D eigenvalue weighted by molar-refractivity contribution is 5.82. The summed E-state index contributed by atoms with van der Waals surface area (Å²) in [5.74, 6) is -0.667. The fraction of sp³-hybridized carbons (Fsp3) is 0.645. The fourth-order valence-electron chi connectivity index (χ4n) is 13.0. The molecular weight excluding hydrogens is 1070 g/mol. The molecule has 0 saturated carbocycles. The maximum atomic E-state index is 13.8. The van der Waals surface area contributed by atoms with Crippen LogP contribution in [0.4, 0.5) is 9.59 Å². The summed E-state index contributed by atoms with van der Waals surface area (Å²) in [7, 11) is 0. The van der Waals surface area contributed by atoms with Gasteiger partial charge in [-0.1, -0.05) is 304 Å². The van der Waals surface area contributed by atoms with Crippen molar-refractivity contribution in [3.8, 4) is 22.3 Å². The molecule has 1 atom stereocenters. The molecule has 0 spiro atoms. The van der Waals surface area contributed by atoms with Gasteiger partial charge in [0.25, 0.3) is 0 Å². The summed E-state index contributed by atoms with van der Waals surface area (Å²) < 4.78 is 23.6. The largest absolute Gasteiger partial charge is 0.462 e. The second-order valence-corrected chi connectivity index (χ2v) is 25.0. The molecule has 0 saturated heterocycles. The minimum Gasteiger partial charge on any atom is -0.462 e. The monoisotopic (exact) mass is 1180 g/mol. The van der Waals surface area contributed by atoms with Crippen LogP contribution in [0.3, 0.4) is 0 Å². The molecule has 2 N–H and O–H groups in total. The number of alkyl carbamates (subject to hydrolysis) is 2. The summed E-state index contributed by atoms with van der Waals surface area (Å²) in [5.41, 5.74) is 9.20. The molecule has 4 aromatic rings. The lowest BCUT2D eigenvalue weighted by Crippen LogP contribution is -2.43. The average Bonchev–Trinajstić information content (AvgIpc) is 1.81. The summed E-state index contributed by atoms with van der Waals surface area (Å²) >= 11 is 0. The summed E-state index contributed by atoms with van der Waals surface area (Å²) in [5, 5.41) is 5.73. The summed E-state index contributed by atoms with van der Waals surface area (Å²) in [4.78, 5) is 42.9. The van der Waals surface area contributed by atoms with Gasteiger partial charge in [-0.2, -0.15) is 0 Å². The van der Waals surface area contributed by atoms with E-state index in [0.717, 1.165) is 53.0 Å². The Labute approximate surface area is 521 Å². The Hall–Kier alpha value is -5.19. The molecule has 476 valence electrons. The predicted octanol–water partition coefficient (Wildman–Crippen LogP) is 20.0. The topological polar surface area (TPSA) is 115 Å². The zero-order valence-corrected chi connectivity index (χ0v) is 53.9. The van der Waals surface area contributed by atoms with Crippen LogP contribution in [0.5, 0.6) is 0 Å². The molecule has 0 radical (unpaired) electrons. The van der Waals surface area contributed by atoms with Gasteiger partial charge in [0, 0.05) is 24.9 Å². The molecule has 0 fully saturated rings. The number of esters is 1. The van der Waals surface area contributed by atoms with E-state index in [9.17, 15) is 14.4 Å². The Morgan fingerprint density at radius 1 is 0.384 bits per heavy atom. The molecule has 10 nitrogen and oxygen atoms in total. The number of fused-ring (bicyclic) bond motifs is 6. The van der Waals surface area contributed by atoms with Gasteiger partial charge >= 0.3 is 18.2 Å². The zero-order valence-electron chi connectivity index (χ0n) is 53.9. The molecule has 2 aliphatic rings. The van der Waals surface area contributed by atoms with Crippen LogP contribution in [-0.4, -0.2) is 88.3 Å². The first-order chi connectivity index (χ1) is 42.5. The van der Waals surface area contributed by atoms with E-state index in [1.165, 1.54) is 217 Å². The first kappa shape index (κ1) is 69.9. The fourth-order valence-corrected chi connectivity index (χ4v) is 13.0. The second-order valence-electron chi connectivity index (χ2n) is 25.0. The minimum absolute atomic E-state index is 0.0270. The number of ether oxygens (including phenoxy) is 4. The van der Waals surface area contributed by atoms with Crippen molar-refractivity contribution in [2.24, 2.45) is 0 Å². The third-order valence-electron chi connectivity index (χ3n) is 18.1. The first-order valence-electron chi connectivity index (χ1n) is 35.2. The molecule has 2 amide bonds. The van der Waals surface area contributed by atoms with Crippen molar-refractivity contribution in [3.05, 3.63) is 119 Å². The third-order valence-corrected chi connectivity index (χ3v) is 18.1. The molecular formula is C76H115N3O7. The number of rotatable bonds is 51. The van der Waals surface area contributed by atoms with E-state index in [4.69, 9.17) is 18.9 Å². The van der Waals surface area contributed by atoms with Crippen molar-refractivity contribution in [1.29, 1.82) is 0 Å². The number of carbonyl (C=O) groups excluding carboxylic acids is 3. The average molecular weight is 1180 g/mol. The Morgan fingerprint density at radius 2 is 0.733 bits per heavy atom. The summed E-state index contributed by atoms with van der Waals surface area (Å²) in [6.07, 6.45) is 44.2. The predicted molar refractivity (Wildman–Crippen MR) is 356 cm³/mol. The van der Waals surface area contributed by atoms with Crippen molar-refractivity contribution in [2.45, 2.75) is 256 Å². The molecule has 0 aliphatic heterocycles. The maximum Gasteiger partial charge on any atom is 0.407 e. The van der Waals surface area contributed by atoms with E-state index in [-0.39, 0.29) is 38.3 Å². The molecule has 10 heteroatoms. The first-order valence-corrected chi connectivity index (χ1v) is 35.2. The van der Waals surface area contributed by atoms with Gasteiger partial charge in [0.1, 0.15) is 25.9 Å². The number of amides is 2. The third kappa shape index (κ3) is 26.6. The number of unbranched alkanes of at least 4 members (excludes halogenated alkanes) is 31. The highest BCUT2D eigenvalue weighted by atomic mass is 16.6. The molecule has 0 heterocycles. The number of hydrogen-bond acceptors (Lipinski definition) is 8. The minimum atomic E-state index is -0.935. The maximum absolute atomic E-state index is 13.8. The van der Waals surface area contributed by atoms with Gasteiger partial charge in [-0.15, -0.1) is 0 Å². The van der Waals surface area contributed by atoms with E-state index in [2.05, 4.69) is 77.9 Å². The van der Waals surface area contributed by atoms with E-state index in [0.29, 0.717) is 32.4 Å². The van der Waals surface area contributed by atoms with Crippen LogP contribution in [0.15, 0.2) is 97.1 Å². The van der Waals surface area contributed by atoms with Crippen LogP contribution in [-0.2, 0) is 23.7 Å². The Bertz CT molecular complexity index is 2320. The lowest BCUT2D eigenvalue weighted by atomic mass is 9.98. The Kier molecular flexibility index (Phi) is 36.0. The standard InChI is InChI=1S/C76H115N3O7/c1-3-5-7-9-11-13-15-17-19-21-23-25-27-29-31-43-55-79(56-44-32-30-28-26-24-22-20-18-16-14-12-10-8-6-4-2)57-58-83-59-60-84-74(80)73(78-76(82)86-62-72-69-51-39-35-47-65(69)66-48-36-40-52-70(66)72)53-41-42-54-77-75(81)85-61-71-67-49-37-33-45-63(67)64-46-34-38-50-68(64)71/h33-40,45-52,71-73H,3-32,41-44,53-62H2,1-2H3,(H,77,81)(H,78,82). The number of hydrogen-bond donors (Lipinski definition) is 2. The Morgan fingerprint density at radius 3 is 1.12 bits per heavy atom. The number of nitrogens with one attached hydrogen (secondary N) is 2. The van der Waals surface area contributed by atoms with Gasteiger partial charge in [0.15, 0.2) is 0 Å². The second kappa shape index (κ2) is 44.3. The van der Waals surface area contributed by atoms with Gasteiger partial charge in [0.05, 0.1) is 13.2 Å². The van der Waals surface area contributed by atoms with Crippen LogP contribution in [0.25, 0.3) is 22.3 Å². The molecule has 0 bridgehead atoms. The molecule has 86 heavy (non-hydrogen) atoms. The smallest absolute Gasteiger partial charge is 0.407 e. The molecule has 0 aromatic heterocycles. The number of carbonyl (C=O) groups is 3. The van der Waals surface area contributed by atoms with Gasteiger partial charge < -0.3 is 34.5 Å². The normalized spacial score (nSPS) is 12.9. The van der Waals surface area contributed by atoms with Crippen molar-refractivity contribution in [1.82, 2.24) is 15.5 Å². The van der Waals surface area contributed by atoms with Gasteiger partial charge in [0.2, 0.25) is 0 Å². The van der Waals surface area contributed by atoms with E-state index >= 15 is 0 Å². The lowest BCUT2D eigenvalue weighted by Gasteiger charge is -2.22. The lowest BCUT2D eigenvalue weighted by molar-refractivity contribution is -0.147. The molecule has 1 unspecified atom stereocenters. The van der Waals surface area contributed by atoms with Gasteiger partial charge in [-0.05, 0) is 89.7 Å². The number of nitrogens with zero attached hydrogens (tertiary/aromatic N) is 1. The Balaban J connectivity index is 0.897. The van der Waals surface area contributed by atoms with Crippen LogP contribution < -0.4 is 10.6 Å². The molecule has 4 aromatic carbocycles. The molecule has 6 rings (SSSR count). The number of benzene rings is 4. The molecule has 2 aliphatic carbocycles. The van der Waals surface area contributed by atoms with Crippen LogP contribution in [0, 0.1) is 0 Å². The summed E-state index contributed by atoms with van der Waals surface area (Å²) in [6, 6.07) is 32.1. The van der Waals surface area contributed by atoms with E-state index in [1.807, 2.05) is 48.5 Å². The zero-order chi connectivity index (χ0) is 60.3. The van der Waals surface area contributed by atoms with Crippen molar-refractivity contribution in [2.75, 3.05) is 59.2 Å². The van der Waals surface area contributed by atoms with Crippen LogP contribution >= 0.6 is 0 Å². The highest BCUT2D eigenvalue weighted by Crippen LogP contribution is 2.46. The SMILES string of the molecule is CCCCCCCCCCCCCCCCCCN(CCCCCCCCCCCCCCCCCC)CCOCCOC(=O)C(CCCCNC(=O)OCC1c2ccccc2-c2ccccc21)NC(=O)OCC1c2ccccc2-c2ccccc21. The quantitative estimate of drug-likeness (QED) is 0.0255. The van der Waals surface area contributed by atoms with Gasteiger partial charge in [-0.25, -0.2) is 14.4 Å².